The van der Waals surface area contributed by atoms with E-state index in [2.05, 4.69) is 21.2 Å². The van der Waals surface area contributed by atoms with E-state index in [1.807, 2.05) is 0 Å². The van der Waals surface area contributed by atoms with Gasteiger partial charge in [0.15, 0.2) is 0 Å². The Morgan fingerprint density at radius 3 is 2.50 bits per heavy atom. The van der Waals surface area contributed by atoms with Gasteiger partial charge in [0.1, 0.15) is 10.7 Å². The van der Waals surface area contributed by atoms with E-state index in [9.17, 15) is 17.6 Å². The molecule has 0 unspecified atom stereocenters. The first kappa shape index (κ1) is 16.9. The second-order valence-electron chi connectivity index (χ2n) is 4.27. The van der Waals surface area contributed by atoms with Crippen LogP contribution in [0.15, 0.2) is 45.8 Å². The van der Waals surface area contributed by atoms with E-state index in [-0.39, 0.29) is 25.6 Å². The highest BCUT2D eigenvalue weighted by atomic mass is 79.9. The van der Waals surface area contributed by atoms with Crippen LogP contribution in [0.1, 0.15) is 10.4 Å². The lowest BCUT2D eigenvalue weighted by atomic mass is 10.2. The average Bonchev–Trinajstić information content (AvgIpc) is 2.42. The molecular weight excluding hydrogens is 399 g/mol. The molecule has 0 atom stereocenters. The van der Waals surface area contributed by atoms with Crippen molar-refractivity contribution in [1.29, 1.82) is 0 Å². The minimum absolute atomic E-state index is 0.0248. The molecule has 0 saturated carbocycles. The summed E-state index contributed by atoms with van der Waals surface area (Å²) in [6.07, 6.45) is 0. The van der Waals surface area contributed by atoms with Crippen LogP contribution < -0.4 is 10.5 Å². The summed E-state index contributed by atoms with van der Waals surface area (Å²) in [5, 5.41) is 7.37. The van der Waals surface area contributed by atoms with E-state index in [0.29, 0.717) is 0 Å². The molecule has 2 aromatic rings. The number of rotatable bonds is 3. The Morgan fingerprint density at radius 1 is 1.23 bits per heavy atom. The molecule has 22 heavy (non-hydrogen) atoms. The summed E-state index contributed by atoms with van der Waals surface area (Å²) in [6.45, 7) is 0. The molecule has 0 aliphatic rings. The van der Waals surface area contributed by atoms with Crippen LogP contribution >= 0.6 is 27.5 Å². The molecule has 0 radical (unpaired) electrons. The lowest BCUT2D eigenvalue weighted by Crippen LogP contribution is -2.16. The van der Waals surface area contributed by atoms with Gasteiger partial charge in [-0.15, -0.1) is 0 Å². The van der Waals surface area contributed by atoms with Crippen molar-refractivity contribution < 1.29 is 17.6 Å². The third-order valence-corrected chi connectivity index (χ3v) is 4.71. The highest BCUT2D eigenvalue weighted by Crippen LogP contribution is 2.23. The quantitative estimate of drug-likeness (QED) is 0.819. The Kier molecular flexibility index (Phi) is 4.86. The lowest BCUT2D eigenvalue weighted by molar-refractivity contribution is 0.102. The molecule has 1 amide bonds. The molecular formula is C13H9BrClFN2O3S. The summed E-state index contributed by atoms with van der Waals surface area (Å²) in [5.74, 6) is -1.16. The van der Waals surface area contributed by atoms with Crippen molar-refractivity contribution in [3.05, 3.63) is 57.3 Å². The molecule has 0 bridgehead atoms. The second kappa shape index (κ2) is 6.33. The van der Waals surface area contributed by atoms with Gasteiger partial charge in [0, 0.05) is 11.3 Å². The molecule has 0 heterocycles. The van der Waals surface area contributed by atoms with Crippen LogP contribution in [0.2, 0.25) is 5.02 Å². The van der Waals surface area contributed by atoms with Crippen LogP contribution in [0.5, 0.6) is 0 Å². The zero-order valence-electron chi connectivity index (χ0n) is 10.8. The van der Waals surface area contributed by atoms with Gasteiger partial charge in [-0.25, -0.2) is 17.9 Å². The first-order chi connectivity index (χ1) is 10.2. The molecule has 0 spiro atoms. The lowest BCUT2D eigenvalue weighted by Gasteiger charge is -2.08. The van der Waals surface area contributed by atoms with Crippen LogP contribution in [0.4, 0.5) is 10.1 Å². The van der Waals surface area contributed by atoms with Crippen molar-refractivity contribution in [2.45, 2.75) is 4.90 Å². The first-order valence-corrected chi connectivity index (χ1v) is 8.49. The van der Waals surface area contributed by atoms with E-state index in [0.717, 1.165) is 12.1 Å². The number of carbonyl (C=O) groups is 1. The maximum atomic E-state index is 13.4. The number of hydrogen-bond donors (Lipinski definition) is 2. The Balaban J connectivity index is 2.32. The first-order valence-electron chi connectivity index (χ1n) is 5.77. The Hall–Kier alpha value is -1.48. The van der Waals surface area contributed by atoms with E-state index in [4.69, 9.17) is 16.7 Å². The van der Waals surface area contributed by atoms with Crippen LogP contribution in [0, 0.1) is 5.82 Å². The third kappa shape index (κ3) is 3.83. The summed E-state index contributed by atoms with van der Waals surface area (Å²) in [5.41, 5.74) is 0.245. The van der Waals surface area contributed by atoms with Crippen LogP contribution in [-0.4, -0.2) is 14.3 Å². The van der Waals surface area contributed by atoms with Crippen molar-refractivity contribution in [3.8, 4) is 0 Å². The van der Waals surface area contributed by atoms with Gasteiger partial charge in [-0.05, 0) is 52.3 Å². The largest absolute Gasteiger partial charge is 0.322 e. The zero-order chi connectivity index (χ0) is 16.5. The van der Waals surface area contributed by atoms with Gasteiger partial charge >= 0.3 is 0 Å². The molecule has 0 fully saturated rings. The fraction of sp³-hybridized carbons (Fsp3) is 0. The van der Waals surface area contributed by atoms with Crippen molar-refractivity contribution in [2.24, 2.45) is 5.14 Å². The number of amides is 1. The third-order valence-electron chi connectivity index (χ3n) is 2.68. The van der Waals surface area contributed by atoms with Crippen LogP contribution in [-0.2, 0) is 10.0 Å². The smallest absolute Gasteiger partial charge is 0.255 e. The number of halogens is 3. The molecule has 0 aromatic heterocycles. The molecule has 0 saturated heterocycles. The number of primary sulfonamides is 1. The van der Waals surface area contributed by atoms with E-state index >= 15 is 0 Å². The minimum Gasteiger partial charge on any atom is -0.322 e. The van der Waals surface area contributed by atoms with Gasteiger partial charge in [0.05, 0.1) is 9.50 Å². The monoisotopic (exact) mass is 406 g/mol. The summed E-state index contributed by atoms with van der Waals surface area (Å²) in [4.78, 5) is 11.7. The number of nitrogens with two attached hydrogens (primary N) is 1. The Labute approximate surface area is 139 Å². The molecule has 5 nitrogen and oxygen atoms in total. The summed E-state index contributed by atoms with van der Waals surface area (Å²) < 4.78 is 36.4. The Morgan fingerprint density at radius 2 is 1.91 bits per heavy atom. The van der Waals surface area contributed by atoms with Crippen molar-refractivity contribution in [3.63, 3.8) is 0 Å². The second-order valence-corrected chi connectivity index (χ2v) is 7.06. The minimum atomic E-state index is -4.05. The van der Waals surface area contributed by atoms with Gasteiger partial charge in [-0.2, -0.15) is 0 Å². The molecule has 116 valence electrons. The average molecular weight is 408 g/mol. The van der Waals surface area contributed by atoms with E-state index < -0.39 is 21.7 Å². The van der Waals surface area contributed by atoms with Gasteiger partial charge in [0.25, 0.3) is 5.91 Å². The predicted molar refractivity (Wildman–Crippen MR) is 84.9 cm³/mol. The molecule has 9 heteroatoms. The number of hydrogen-bond acceptors (Lipinski definition) is 3. The topological polar surface area (TPSA) is 89.3 Å². The molecule has 0 aliphatic carbocycles. The van der Waals surface area contributed by atoms with Gasteiger partial charge in [-0.1, -0.05) is 11.6 Å². The number of sulfonamides is 1. The highest BCUT2D eigenvalue weighted by Gasteiger charge is 2.16. The van der Waals surface area contributed by atoms with Gasteiger partial charge in [0.2, 0.25) is 10.0 Å². The SMILES string of the molecule is NS(=O)(=O)c1cc(C(=O)Nc2ccc(Br)c(F)c2)ccc1Cl. The number of carbonyl (C=O) groups excluding carboxylic acids is 1. The number of nitrogens with one attached hydrogen (secondary N) is 1. The van der Waals surface area contributed by atoms with Crippen LogP contribution in [0.25, 0.3) is 0 Å². The van der Waals surface area contributed by atoms with Crippen molar-refractivity contribution >= 4 is 49.1 Å². The van der Waals surface area contributed by atoms with Crippen LogP contribution in [0.3, 0.4) is 0 Å². The van der Waals surface area contributed by atoms with Crippen molar-refractivity contribution in [1.82, 2.24) is 0 Å². The molecule has 2 aromatic carbocycles. The maximum Gasteiger partial charge on any atom is 0.255 e. The molecule has 3 N–H and O–H groups in total. The van der Waals surface area contributed by atoms with Gasteiger partial charge < -0.3 is 5.32 Å². The normalized spacial score (nSPS) is 11.3. The fourth-order valence-corrected chi connectivity index (χ4v) is 2.96. The molecule has 2 rings (SSSR count). The van der Waals surface area contributed by atoms with Crippen molar-refractivity contribution in [2.75, 3.05) is 5.32 Å². The van der Waals surface area contributed by atoms with E-state index in [1.54, 1.807) is 0 Å². The van der Waals surface area contributed by atoms with Gasteiger partial charge in [-0.3, -0.25) is 4.79 Å². The number of anilines is 1. The molecule has 0 aliphatic heterocycles. The Bertz CT molecular complexity index is 858. The summed E-state index contributed by atoms with van der Waals surface area (Å²) in [7, 11) is -4.05. The zero-order valence-corrected chi connectivity index (χ0v) is 14.0. The number of benzene rings is 2. The standard InChI is InChI=1S/C13H9BrClFN2O3S/c14-9-3-2-8(6-11(9)16)18-13(19)7-1-4-10(15)12(5-7)22(17,20)21/h1-6H,(H,18,19)(H2,17,20,21). The summed E-state index contributed by atoms with van der Waals surface area (Å²) >= 11 is 8.74. The predicted octanol–water partition coefficient (Wildman–Crippen LogP) is 3.14. The summed E-state index contributed by atoms with van der Waals surface area (Å²) in [6, 6.07) is 7.69. The fourth-order valence-electron chi connectivity index (χ4n) is 1.64. The highest BCUT2D eigenvalue weighted by molar-refractivity contribution is 9.10. The maximum absolute atomic E-state index is 13.4. The van der Waals surface area contributed by atoms with E-state index in [1.165, 1.54) is 24.3 Å².